The number of amides is 1. The van der Waals surface area contributed by atoms with E-state index in [-0.39, 0.29) is 17.9 Å². The van der Waals surface area contributed by atoms with Crippen LogP contribution in [0, 0.1) is 11.8 Å². The third-order valence-corrected chi connectivity index (χ3v) is 5.74. The monoisotopic (exact) mass is 369 g/mol. The number of hydrogen-bond donors (Lipinski definition) is 0. The predicted molar refractivity (Wildman–Crippen MR) is 93.6 cm³/mol. The molecule has 0 N–H and O–H groups in total. The number of benzene rings is 1. The fraction of sp³-hybridized carbons (Fsp3) is 0.556. The van der Waals surface area contributed by atoms with Crippen molar-refractivity contribution in [3.8, 4) is 0 Å². The van der Waals surface area contributed by atoms with Gasteiger partial charge in [0.15, 0.2) is 0 Å². The highest BCUT2D eigenvalue weighted by Crippen LogP contribution is 2.62. The molecule has 0 bridgehead atoms. The van der Waals surface area contributed by atoms with E-state index in [1.807, 2.05) is 26.8 Å². The molecule has 6 heteroatoms. The molecular formula is C18H21Cl2NO3. The Hall–Kier alpha value is -1.26. The molecule has 1 aromatic rings. The number of ether oxygens (including phenoxy) is 1. The van der Waals surface area contributed by atoms with Crippen molar-refractivity contribution in [1.82, 2.24) is 4.90 Å². The van der Waals surface area contributed by atoms with E-state index in [4.69, 9.17) is 27.9 Å². The maximum Gasteiger partial charge on any atom is 0.410 e. The largest absolute Gasteiger partial charge is 0.444 e. The van der Waals surface area contributed by atoms with Crippen molar-refractivity contribution in [3.63, 3.8) is 0 Å². The van der Waals surface area contributed by atoms with E-state index < -0.39 is 11.0 Å². The number of fused-ring (bicyclic) bond motifs is 1. The van der Waals surface area contributed by atoms with Gasteiger partial charge in [0.05, 0.1) is 15.5 Å². The van der Waals surface area contributed by atoms with E-state index in [0.29, 0.717) is 23.1 Å². The lowest BCUT2D eigenvalue weighted by Crippen LogP contribution is -2.40. The molecular weight excluding hydrogens is 349 g/mol. The molecule has 3 atom stereocenters. The minimum atomic E-state index is -0.564. The number of aldehydes is 1. The number of carbonyl (C=O) groups is 2. The van der Waals surface area contributed by atoms with E-state index in [9.17, 15) is 9.59 Å². The van der Waals surface area contributed by atoms with Gasteiger partial charge in [-0.25, -0.2) is 4.79 Å². The summed E-state index contributed by atoms with van der Waals surface area (Å²) in [5, 5.41) is 0.920. The summed E-state index contributed by atoms with van der Waals surface area (Å²) in [7, 11) is 0. The number of halogens is 2. The lowest BCUT2D eigenvalue weighted by atomic mass is 9.93. The van der Waals surface area contributed by atoms with E-state index in [1.165, 1.54) is 0 Å². The van der Waals surface area contributed by atoms with Crippen LogP contribution in [0.25, 0.3) is 0 Å². The van der Waals surface area contributed by atoms with Gasteiger partial charge in [0.25, 0.3) is 0 Å². The summed E-state index contributed by atoms with van der Waals surface area (Å²) in [5.74, 6) is 0.347. The minimum absolute atomic E-state index is 0.105. The highest BCUT2D eigenvalue weighted by atomic mass is 35.5. The van der Waals surface area contributed by atoms with Crippen molar-refractivity contribution in [1.29, 1.82) is 0 Å². The lowest BCUT2D eigenvalue weighted by molar-refractivity contribution is -0.110. The molecule has 130 valence electrons. The van der Waals surface area contributed by atoms with E-state index in [0.717, 1.165) is 18.3 Å². The van der Waals surface area contributed by atoms with Crippen molar-refractivity contribution in [2.45, 2.75) is 38.2 Å². The molecule has 2 aliphatic rings. The van der Waals surface area contributed by atoms with Crippen LogP contribution >= 0.6 is 23.2 Å². The molecule has 1 aliphatic carbocycles. The molecule has 0 spiro atoms. The van der Waals surface area contributed by atoms with Crippen LogP contribution in [0.15, 0.2) is 18.2 Å². The zero-order valence-electron chi connectivity index (χ0n) is 14.0. The van der Waals surface area contributed by atoms with Gasteiger partial charge in [-0.3, -0.25) is 0 Å². The van der Waals surface area contributed by atoms with Gasteiger partial charge >= 0.3 is 6.09 Å². The fourth-order valence-corrected chi connectivity index (χ4v) is 4.13. The highest BCUT2D eigenvalue weighted by molar-refractivity contribution is 6.42. The molecule has 24 heavy (non-hydrogen) atoms. The van der Waals surface area contributed by atoms with Crippen molar-refractivity contribution in [2.24, 2.45) is 11.8 Å². The third-order valence-electron chi connectivity index (χ3n) is 5.00. The fourth-order valence-electron chi connectivity index (χ4n) is 3.83. The second kappa shape index (κ2) is 5.92. The zero-order chi connectivity index (χ0) is 17.7. The molecule has 1 aromatic carbocycles. The third kappa shape index (κ3) is 2.91. The Morgan fingerprint density at radius 2 is 2.00 bits per heavy atom. The Morgan fingerprint density at radius 3 is 2.58 bits per heavy atom. The van der Waals surface area contributed by atoms with Gasteiger partial charge in [-0.05, 0) is 56.7 Å². The van der Waals surface area contributed by atoms with Crippen molar-refractivity contribution in [2.75, 3.05) is 13.1 Å². The smallest absolute Gasteiger partial charge is 0.410 e. The second-order valence-corrected chi connectivity index (χ2v) is 8.42. The first-order chi connectivity index (χ1) is 11.2. The Kier molecular flexibility index (Phi) is 4.33. The van der Waals surface area contributed by atoms with Crippen LogP contribution in [-0.2, 0) is 14.9 Å². The Labute approximate surface area is 152 Å². The molecule has 2 fully saturated rings. The topological polar surface area (TPSA) is 46.6 Å². The standard InChI is InChI=1S/C18H21Cl2NO3/c1-17(2,3)24-16(23)21-7-6-12-13(9-21)18(12,10-22)11-4-5-14(19)15(20)8-11/h4-5,8,10,12-13H,6-7,9H2,1-3H3/t12?,13?,18-/m1/s1. The van der Waals surface area contributed by atoms with Gasteiger partial charge < -0.3 is 14.4 Å². The quantitative estimate of drug-likeness (QED) is 0.729. The normalized spacial score (nSPS) is 29.0. The molecule has 4 nitrogen and oxygen atoms in total. The van der Waals surface area contributed by atoms with Crippen LogP contribution in [-0.4, -0.2) is 36.0 Å². The first-order valence-corrected chi connectivity index (χ1v) is 8.84. The molecule has 2 unspecified atom stereocenters. The number of likely N-dealkylation sites (tertiary alicyclic amines) is 1. The average molecular weight is 370 g/mol. The first-order valence-electron chi connectivity index (χ1n) is 8.09. The molecule has 3 rings (SSSR count). The van der Waals surface area contributed by atoms with Crippen LogP contribution in [0.3, 0.4) is 0 Å². The van der Waals surface area contributed by atoms with Crippen molar-refractivity contribution >= 4 is 35.6 Å². The molecule has 1 saturated carbocycles. The minimum Gasteiger partial charge on any atom is -0.444 e. The number of nitrogens with zero attached hydrogens (tertiary/aromatic N) is 1. The van der Waals surface area contributed by atoms with Crippen LogP contribution in [0.5, 0.6) is 0 Å². The maximum atomic E-state index is 12.3. The lowest BCUT2D eigenvalue weighted by Gasteiger charge is -2.29. The van der Waals surface area contributed by atoms with Crippen LogP contribution in [0.4, 0.5) is 4.79 Å². The SMILES string of the molecule is CC(C)(C)OC(=O)N1CCC2C(C1)[C@]2(C=O)c1ccc(Cl)c(Cl)c1. The number of hydrogen-bond acceptors (Lipinski definition) is 3. The molecule has 0 radical (unpaired) electrons. The summed E-state index contributed by atoms with van der Waals surface area (Å²) in [6.45, 7) is 6.67. The van der Waals surface area contributed by atoms with Gasteiger partial charge in [-0.2, -0.15) is 0 Å². The van der Waals surface area contributed by atoms with Gasteiger partial charge in [0.2, 0.25) is 0 Å². The Morgan fingerprint density at radius 1 is 1.29 bits per heavy atom. The van der Waals surface area contributed by atoms with Gasteiger partial charge in [-0.15, -0.1) is 0 Å². The summed E-state index contributed by atoms with van der Waals surface area (Å²) in [4.78, 5) is 25.9. The average Bonchev–Trinajstić information content (AvgIpc) is 3.16. The number of rotatable bonds is 2. The summed E-state index contributed by atoms with van der Waals surface area (Å²) in [6, 6.07) is 5.35. The number of piperidine rings is 1. The van der Waals surface area contributed by atoms with E-state index >= 15 is 0 Å². The maximum absolute atomic E-state index is 12.3. The summed E-state index contributed by atoms with van der Waals surface area (Å²) >= 11 is 12.1. The van der Waals surface area contributed by atoms with Crippen LogP contribution in [0.1, 0.15) is 32.8 Å². The zero-order valence-corrected chi connectivity index (χ0v) is 15.5. The van der Waals surface area contributed by atoms with Gasteiger partial charge in [0.1, 0.15) is 11.9 Å². The second-order valence-electron chi connectivity index (χ2n) is 7.61. The predicted octanol–water partition coefficient (Wildman–Crippen LogP) is 4.32. The molecule has 1 saturated heterocycles. The van der Waals surface area contributed by atoms with E-state index in [2.05, 4.69) is 0 Å². The van der Waals surface area contributed by atoms with E-state index in [1.54, 1.807) is 17.0 Å². The molecule has 1 amide bonds. The Bertz CT molecular complexity index is 685. The highest BCUT2D eigenvalue weighted by Gasteiger charge is 2.67. The molecule has 0 aromatic heterocycles. The van der Waals surface area contributed by atoms with Crippen LogP contribution in [0.2, 0.25) is 10.0 Å². The summed E-state index contributed by atoms with van der Waals surface area (Å²) in [5.41, 5.74) is -0.207. The molecule has 1 heterocycles. The number of carbonyl (C=O) groups excluding carboxylic acids is 2. The first kappa shape index (κ1) is 17.6. The van der Waals surface area contributed by atoms with Crippen LogP contribution < -0.4 is 0 Å². The van der Waals surface area contributed by atoms with Gasteiger partial charge in [0, 0.05) is 13.1 Å². The van der Waals surface area contributed by atoms with Crippen molar-refractivity contribution in [3.05, 3.63) is 33.8 Å². The Balaban J connectivity index is 1.79. The van der Waals surface area contributed by atoms with Crippen molar-refractivity contribution < 1.29 is 14.3 Å². The summed E-state index contributed by atoms with van der Waals surface area (Å²) in [6.07, 6.45) is 1.48. The summed E-state index contributed by atoms with van der Waals surface area (Å²) < 4.78 is 5.45. The van der Waals surface area contributed by atoms with Gasteiger partial charge in [-0.1, -0.05) is 29.3 Å². The molecule has 1 aliphatic heterocycles.